The lowest BCUT2D eigenvalue weighted by Gasteiger charge is -2.22. The van der Waals surface area contributed by atoms with Crippen LogP contribution < -0.4 is 10.6 Å². The molecule has 0 bridgehead atoms. The second-order valence-electron chi connectivity index (χ2n) is 4.83. The third-order valence-corrected chi connectivity index (χ3v) is 3.34. The Hall–Kier alpha value is -1.30. The van der Waals surface area contributed by atoms with Crippen molar-refractivity contribution in [1.82, 2.24) is 10.6 Å². The van der Waals surface area contributed by atoms with Gasteiger partial charge in [0.05, 0.1) is 12.7 Å². The van der Waals surface area contributed by atoms with Gasteiger partial charge in [0.25, 0.3) is 0 Å². The normalized spacial score (nSPS) is 19.1. The van der Waals surface area contributed by atoms with Gasteiger partial charge in [0.2, 0.25) is 5.91 Å². The van der Waals surface area contributed by atoms with Crippen molar-refractivity contribution in [3.63, 3.8) is 0 Å². The summed E-state index contributed by atoms with van der Waals surface area (Å²) in [4.78, 5) is 22.5. The molecule has 0 aliphatic heterocycles. The zero-order chi connectivity index (χ0) is 13.6. The molecular weight excluding hydrogens is 236 g/mol. The molecular formula is C12H22N2O4. The topological polar surface area (TPSA) is 87.7 Å². The molecule has 1 fully saturated rings. The summed E-state index contributed by atoms with van der Waals surface area (Å²) in [6, 6.07) is -0.643. The summed E-state index contributed by atoms with van der Waals surface area (Å²) >= 11 is 0. The lowest BCUT2D eigenvalue weighted by atomic mass is 9.98. The predicted molar refractivity (Wildman–Crippen MR) is 66.0 cm³/mol. The van der Waals surface area contributed by atoms with Crippen LogP contribution in [0, 0.1) is 0 Å². The van der Waals surface area contributed by atoms with Crippen LogP contribution in [0.2, 0.25) is 0 Å². The van der Waals surface area contributed by atoms with Gasteiger partial charge in [-0.1, -0.05) is 12.8 Å². The van der Waals surface area contributed by atoms with E-state index in [1.165, 1.54) is 7.11 Å². The highest BCUT2D eigenvalue weighted by atomic mass is 16.5. The van der Waals surface area contributed by atoms with E-state index in [4.69, 9.17) is 0 Å². The van der Waals surface area contributed by atoms with Crippen LogP contribution in [0.1, 0.15) is 39.0 Å². The second kappa shape index (κ2) is 6.58. The molecule has 0 radical (unpaired) electrons. The van der Waals surface area contributed by atoms with Crippen molar-refractivity contribution in [2.24, 2.45) is 0 Å². The van der Waals surface area contributed by atoms with Crippen LogP contribution in [0.15, 0.2) is 0 Å². The Balaban J connectivity index is 2.22. The summed E-state index contributed by atoms with van der Waals surface area (Å²) in [7, 11) is 1.25. The maximum atomic E-state index is 11.6. The minimum Gasteiger partial charge on any atom is -0.453 e. The Labute approximate surface area is 107 Å². The molecule has 0 aromatic heterocycles. The molecule has 1 rings (SSSR count). The highest BCUT2D eigenvalue weighted by molar-refractivity contribution is 5.85. The number of nitrogens with one attached hydrogen (secondary N) is 2. The molecule has 0 unspecified atom stereocenters. The maximum absolute atomic E-state index is 11.6. The highest BCUT2D eigenvalue weighted by Gasteiger charge is 2.30. The molecule has 0 saturated heterocycles. The predicted octanol–water partition coefficient (Wildman–Crippen LogP) is 0.542. The minimum absolute atomic E-state index is 0.276. The van der Waals surface area contributed by atoms with Crippen LogP contribution in [-0.2, 0) is 9.53 Å². The molecule has 1 atom stereocenters. The van der Waals surface area contributed by atoms with Crippen LogP contribution in [0.4, 0.5) is 4.79 Å². The van der Waals surface area contributed by atoms with Gasteiger partial charge in [-0.05, 0) is 26.2 Å². The third kappa shape index (κ3) is 4.52. The fraction of sp³-hybridized carbons (Fsp3) is 0.833. The molecule has 1 aliphatic carbocycles. The van der Waals surface area contributed by atoms with Crippen LogP contribution >= 0.6 is 0 Å². The van der Waals surface area contributed by atoms with Gasteiger partial charge < -0.3 is 20.5 Å². The number of hydrogen-bond donors (Lipinski definition) is 3. The van der Waals surface area contributed by atoms with Crippen molar-refractivity contribution < 1.29 is 19.4 Å². The van der Waals surface area contributed by atoms with Crippen LogP contribution in [-0.4, -0.2) is 42.4 Å². The number of hydrogen-bond acceptors (Lipinski definition) is 4. The van der Waals surface area contributed by atoms with Crippen molar-refractivity contribution in [3.05, 3.63) is 0 Å². The van der Waals surface area contributed by atoms with E-state index in [-0.39, 0.29) is 5.91 Å². The van der Waals surface area contributed by atoms with E-state index in [0.29, 0.717) is 13.0 Å². The van der Waals surface area contributed by atoms with Crippen LogP contribution in [0.3, 0.4) is 0 Å². The number of aliphatic hydroxyl groups is 1. The Kier molecular flexibility index (Phi) is 5.40. The van der Waals surface area contributed by atoms with Gasteiger partial charge in [-0.3, -0.25) is 4.79 Å². The summed E-state index contributed by atoms with van der Waals surface area (Å²) in [5, 5.41) is 15.2. The zero-order valence-corrected chi connectivity index (χ0v) is 11.0. The fourth-order valence-corrected chi connectivity index (χ4v) is 2.16. The quantitative estimate of drug-likeness (QED) is 0.671. The lowest BCUT2D eigenvalue weighted by molar-refractivity contribution is -0.122. The molecule has 1 aliphatic rings. The molecule has 1 saturated carbocycles. The molecule has 0 heterocycles. The van der Waals surface area contributed by atoms with Gasteiger partial charge in [-0.2, -0.15) is 0 Å². The SMILES string of the molecule is COC(=O)N[C@H](C)C(=O)NCCC1(O)CCCC1. The Morgan fingerprint density at radius 2 is 2.00 bits per heavy atom. The number of methoxy groups -OCH3 is 1. The molecule has 18 heavy (non-hydrogen) atoms. The van der Waals surface area contributed by atoms with E-state index in [1.807, 2.05) is 0 Å². The van der Waals surface area contributed by atoms with Gasteiger partial charge in [0, 0.05) is 6.54 Å². The molecule has 0 aromatic carbocycles. The van der Waals surface area contributed by atoms with Gasteiger partial charge >= 0.3 is 6.09 Å². The Morgan fingerprint density at radius 1 is 1.39 bits per heavy atom. The monoisotopic (exact) mass is 258 g/mol. The first-order chi connectivity index (χ1) is 8.47. The van der Waals surface area contributed by atoms with E-state index in [1.54, 1.807) is 6.92 Å². The number of carbonyl (C=O) groups is 2. The van der Waals surface area contributed by atoms with Crippen molar-refractivity contribution in [2.75, 3.05) is 13.7 Å². The Morgan fingerprint density at radius 3 is 2.56 bits per heavy atom. The largest absolute Gasteiger partial charge is 0.453 e. The average molecular weight is 258 g/mol. The van der Waals surface area contributed by atoms with Crippen LogP contribution in [0.25, 0.3) is 0 Å². The molecule has 0 aromatic rings. The van der Waals surface area contributed by atoms with E-state index < -0.39 is 17.7 Å². The van der Waals surface area contributed by atoms with Crippen LogP contribution in [0.5, 0.6) is 0 Å². The van der Waals surface area contributed by atoms with Gasteiger partial charge in [0.1, 0.15) is 6.04 Å². The summed E-state index contributed by atoms with van der Waals surface area (Å²) in [5.41, 5.74) is -0.619. The summed E-state index contributed by atoms with van der Waals surface area (Å²) in [6.45, 7) is 2.00. The van der Waals surface area contributed by atoms with Crippen molar-refractivity contribution in [3.8, 4) is 0 Å². The molecule has 6 heteroatoms. The first-order valence-corrected chi connectivity index (χ1v) is 6.31. The standard InChI is InChI=1S/C12H22N2O4/c1-9(14-11(16)18-2)10(15)13-8-7-12(17)5-3-4-6-12/h9,17H,3-8H2,1-2H3,(H,13,15)(H,14,16)/t9-/m1/s1. The highest BCUT2D eigenvalue weighted by Crippen LogP contribution is 2.31. The van der Waals surface area contributed by atoms with Gasteiger partial charge in [-0.25, -0.2) is 4.79 Å². The summed E-state index contributed by atoms with van der Waals surface area (Å²) in [6.07, 6.45) is 3.63. The summed E-state index contributed by atoms with van der Waals surface area (Å²) < 4.78 is 4.40. The average Bonchev–Trinajstić information content (AvgIpc) is 2.75. The second-order valence-corrected chi connectivity index (χ2v) is 4.83. The number of rotatable bonds is 5. The smallest absolute Gasteiger partial charge is 0.407 e. The first kappa shape index (κ1) is 14.8. The molecule has 0 spiro atoms. The molecule has 3 N–H and O–H groups in total. The maximum Gasteiger partial charge on any atom is 0.407 e. The number of alkyl carbamates (subject to hydrolysis) is 1. The molecule has 2 amide bonds. The van der Waals surface area contributed by atoms with E-state index in [2.05, 4.69) is 15.4 Å². The van der Waals surface area contributed by atoms with Gasteiger partial charge in [-0.15, -0.1) is 0 Å². The number of amides is 2. The summed E-state index contributed by atoms with van der Waals surface area (Å²) in [5.74, 6) is -0.276. The molecule has 6 nitrogen and oxygen atoms in total. The van der Waals surface area contributed by atoms with Crippen molar-refractivity contribution >= 4 is 12.0 Å². The van der Waals surface area contributed by atoms with E-state index in [9.17, 15) is 14.7 Å². The third-order valence-electron chi connectivity index (χ3n) is 3.34. The van der Waals surface area contributed by atoms with Crippen molar-refractivity contribution in [2.45, 2.75) is 50.7 Å². The fourth-order valence-electron chi connectivity index (χ4n) is 2.16. The number of carbonyl (C=O) groups excluding carboxylic acids is 2. The van der Waals surface area contributed by atoms with Crippen molar-refractivity contribution in [1.29, 1.82) is 0 Å². The van der Waals surface area contributed by atoms with E-state index >= 15 is 0 Å². The van der Waals surface area contributed by atoms with Gasteiger partial charge in [0.15, 0.2) is 0 Å². The number of ether oxygens (including phenoxy) is 1. The Bertz CT molecular complexity index is 300. The minimum atomic E-state index is -0.643. The zero-order valence-electron chi connectivity index (χ0n) is 11.0. The lowest BCUT2D eigenvalue weighted by Crippen LogP contribution is -2.45. The molecule has 104 valence electrons. The van der Waals surface area contributed by atoms with E-state index in [0.717, 1.165) is 25.7 Å². The first-order valence-electron chi connectivity index (χ1n) is 6.31.